The molecule has 3 N–H and O–H groups in total. The Kier molecular flexibility index (Phi) is 23.5. The van der Waals surface area contributed by atoms with E-state index in [1.54, 1.807) is 0 Å². The lowest BCUT2D eigenvalue weighted by atomic mass is 9.95. The number of carbonyl (C=O) groups excluding carboxylic acids is 3. The Morgan fingerprint density at radius 1 is 0.973 bits per heavy atom. The van der Waals surface area contributed by atoms with Crippen LogP contribution in [0.15, 0.2) is 35.3 Å². The summed E-state index contributed by atoms with van der Waals surface area (Å²) in [6.45, 7) is 12.0. The third-order valence-electron chi connectivity index (χ3n) is 14.0. The molecule has 3 aliphatic heterocycles. The summed E-state index contributed by atoms with van der Waals surface area (Å²) < 4.78 is 64.2. The third kappa shape index (κ3) is 17.0. The molecule has 14 nitrogen and oxygen atoms in total. The molecule has 0 radical (unpaired) electrons. The van der Waals surface area contributed by atoms with Crippen molar-refractivity contribution in [3.8, 4) is 29.4 Å². The molecule has 2 aromatic carbocycles. The number of hydrogen-bond acceptors (Lipinski definition) is 13. The molecule has 3 saturated heterocycles. The van der Waals surface area contributed by atoms with E-state index in [4.69, 9.17) is 31.1 Å². The lowest BCUT2D eigenvalue weighted by Gasteiger charge is -2.35. The van der Waals surface area contributed by atoms with E-state index in [1.165, 1.54) is 102 Å². The number of H-pyrrole nitrogens is 1. The lowest BCUT2D eigenvalue weighted by Crippen LogP contribution is -2.47. The van der Waals surface area contributed by atoms with Crippen molar-refractivity contribution in [2.75, 3.05) is 51.4 Å². The van der Waals surface area contributed by atoms with E-state index in [0.29, 0.717) is 43.2 Å². The van der Waals surface area contributed by atoms with E-state index >= 15 is 4.39 Å². The number of nitrogens with one attached hydrogen (secondary N) is 1. The maximum absolute atomic E-state index is 16.1. The van der Waals surface area contributed by atoms with Crippen molar-refractivity contribution in [3.63, 3.8) is 0 Å². The number of unbranched alkanes of at least 4 members (excludes halogenated alkanes) is 10. The second kappa shape index (κ2) is 29.4. The number of aromatic nitrogens is 3. The highest BCUT2D eigenvalue weighted by Crippen LogP contribution is 2.40. The van der Waals surface area contributed by atoms with Gasteiger partial charge in [0.1, 0.15) is 48.6 Å². The Hall–Kier alpha value is -5.57. The van der Waals surface area contributed by atoms with Crippen molar-refractivity contribution in [1.82, 2.24) is 19.9 Å². The Morgan fingerprint density at radius 3 is 2.21 bits per heavy atom. The minimum absolute atomic E-state index is 0.0866. The molecule has 5 heterocycles. The van der Waals surface area contributed by atoms with Gasteiger partial charge in [-0.15, -0.1) is 6.42 Å². The normalized spacial score (nSPS) is 19.4. The fourth-order valence-corrected chi connectivity index (χ4v) is 10.1. The van der Waals surface area contributed by atoms with E-state index in [1.807, 2.05) is 11.8 Å². The Balaban J connectivity index is 0.000000234. The zero-order valence-electron chi connectivity index (χ0n) is 43.6. The van der Waals surface area contributed by atoms with Crippen molar-refractivity contribution < 1.29 is 46.5 Å². The Labute approximate surface area is 428 Å². The number of methoxy groups -OCH3 is 1. The van der Waals surface area contributed by atoms with Crippen LogP contribution in [0, 0.1) is 29.9 Å². The number of terminal acetylenes is 1. The van der Waals surface area contributed by atoms with Crippen molar-refractivity contribution >= 4 is 45.9 Å². The number of fused-ring (bicyclic) bond motifs is 3. The Morgan fingerprint density at radius 2 is 1.62 bits per heavy atom. The molecule has 0 saturated carbocycles. The zero-order chi connectivity index (χ0) is 52.9. The first kappa shape index (κ1) is 58.3. The molecule has 7 rings (SSSR count). The number of esters is 2. The fraction of sp³-hybridized carbons (Fsp3) is 0.607. The molecule has 4 aromatic rings. The van der Waals surface area contributed by atoms with Crippen LogP contribution < -0.4 is 21.1 Å². The minimum Gasteiger partial charge on any atom is -0.463 e. The van der Waals surface area contributed by atoms with Crippen molar-refractivity contribution in [1.29, 1.82) is 0 Å². The summed E-state index contributed by atoms with van der Waals surface area (Å²) >= 11 is 0. The van der Waals surface area contributed by atoms with Crippen molar-refractivity contribution in [3.05, 3.63) is 58.1 Å². The summed E-state index contributed by atoms with van der Waals surface area (Å²) in [7, 11) is 1.54. The van der Waals surface area contributed by atoms with Gasteiger partial charge < -0.3 is 34.6 Å². The van der Waals surface area contributed by atoms with Crippen LogP contribution in [-0.2, 0) is 28.6 Å². The molecule has 0 spiro atoms. The van der Waals surface area contributed by atoms with Crippen LogP contribution in [0.5, 0.6) is 5.75 Å². The van der Waals surface area contributed by atoms with Crippen LogP contribution in [0.2, 0.25) is 0 Å². The van der Waals surface area contributed by atoms with Crippen LogP contribution in [0.1, 0.15) is 149 Å². The quantitative estimate of drug-likeness (QED) is 0.0311. The van der Waals surface area contributed by atoms with E-state index in [9.17, 15) is 28.0 Å². The van der Waals surface area contributed by atoms with E-state index in [2.05, 4.69) is 46.5 Å². The molecule has 3 fully saturated rings. The predicted octanol–water partition coefficient (Wildman–Crippen LogP) is 10.3. The second-order valence-electron chi connectivity index (χ2n) is 20.0. The van der Waals surface area contributed by atoms with Gasteiger partial charge in [-0.05, 0) is 81.5 Å². The number of pyridine rings is 1. The molecule has 73 heavy (non-hydrogen) atoms. The van der Waals surface area contributed by atoms with Crippen molar-refractivity contribution in [2.24, 2.45) is 11.7 Å². The van der Waals surface area contributed by atoms with Gasteiger partial charge in [-0.1, -0.05) is 97.0 Å². The van der Waals surface area contributed by atoms with Crippen LogP contribution in [0.4, 0.5) is 19.0 Å². The number of rotatable bonds is 23. The summed E-state index contributed by atoms with van der Waals surface area (Å²) in [6.07, 6.45) is 24.7. The highest BCUT2D eigenvalue weighted by Gasteiger charge is 2.44. The van der Waals surface area contributed by atoms with Gasteiger partial charge in [0.15, 0.2) is 5.82 Å². The molecule has 4 atom stereocenters. The van der Waals surface area contributed by atoms with E-state index < -0.39 is 29.6 Å². The molecule has 2 unspecified atom stereocenters. The predicted molar refractivity (Wildman–Crippen MR) is 279 cm³/mol. The molecule has 2 aromatic heterocycles. The number of anilines is 1. The maximum Gasteiger partial charge on any atom is 0.347 e. The molecule has 0 amide bonds. The number of hydrogen-bond donors (Lipinski definition) is 2. The lowest BCUT2D eigenvalue weighted by molar-refractivity contribution is -0.153. The van der Waals surface area contributed by atoms with Gasteiger partial charge in [-0.25, -0.2) is 18.0 Å². The average Bonchev–Trinajstić information content (AvgIpc) is 3.86. The van der Waals surface area contributed by atoms with Crippen LogP contribution in [0.25, 0.3) is 32.9 Å². The first-order chi connectivity index (χ1) is 35.1. The third-order valence-corrected chi connectivity index (χ3v) is 14.0. The largest absolute Gasteiger partial charge is 0.463 e. The molecule has 3 aliphatic rings. The highest BCUT2D eigenvalue weighted by molar-refractivity contribution is 6.03. The molecule has 400 valence electrons. The summed E-state index contributed by atoms with van der Waals surface area (Å²) in [5.41, 5.74) is 5.35. The zero-order valence-corrected chi connectivity index (χ0v) is 43.6. The molecule has 17 heteroatoms. The molecular weight excluding hydrogens is 942 g/mol. The van der Waals surface area contributed by atoms with Crippen molar-refractivity contribution in [2.45, 2.75) is 167 Å². The number of halogens is 3. The number of aromatic amines is 1. The maximum atomic E-state index is 16.1. The first-order valence-electron chi connectivity index (χ1n) is 26.3. The number of benzene rings is 2. The van der Waals surface area contributed by atoms with Gasteiger partial charge >= 0.3 is 17.6 Å². The summed E-state index contributed by atoms with van der Waals surface area (Å²) in [5.74, 6) is 0.989. The minimum atomic E-state index is -0.862. The van der Waals surface area contributed by atoms with Gasteiger partial charge in [0.2, 0.25) is 0 Å². The number of nitrogens with two attached hydrogens (primary N) is 1. The summed E-state index contributed by atoms with van der Waals surface area (Å²) in [5, 5.41) is 0.930. The average molecular weight is 1020 g/mol. The summed E-state index contributed by atoms with van der Waals surface area (Å²) in [6, 6.07) is 5.33. The highest BCUT2D eigenvalue weighted by atomic mass is 19.1. The standard InChI is InChI=1S/C26H21F2N5O3.C22H42O5.C8H14FN/c1-3-17-20(27)5-4-14-7-16(36-12-34)8-18(21(14)17)23-22(28)24-19(9-30-23)25(32-26(35)31-24)33-10-13(2)6-15(29)11-33;1-4-6-8-10-12-14-16-21(23)26-18-20(25-3)19-27-22(24)17-15-13-11-9-7-5-2;1-8-3-2-4-10(8)6-7(9)5-8/h1,4-5,7-9,12-13,15H,6,10-11,29H2,2H3,(H,31,32,35);20H,4-19H2,1-3H3;7H,2-6H2,1H3/t;;7-,8+/m..1/s1. The van der Waals surface area contributed by atoms with Crippen LogP contribution in [-0.4, -0.2) is 109 Å². The van der Waals surface area contributed by atoms with Gasteiger partial charge in [0.25, 0.3) is 6.47 Å². The Bertz CT molecular complexity index is 2500. The fourth-order valence-electron chi connectivity index (χ4n) is 10.1. The summed E-state index contributed by atoms with van der Waals surface area (Å²) in [4.78, 5) is 62.0. The SMILES string of the molecule is C#Cc1c(F)ccc2cc(OC=O)cc(-c3ncc4c(N5CC(C)CC(N)C5)nc(=O)[nH]c4c3F)c12.CCCCCCCCC(=O)OCC(COC(=O)CCCCCCCC)OC.C[C@@]12CCCN1C[C@H](F)C2. The monoisotopic (exact) mass is 1020 g/mol. The topological polar surface area (TPSA) is 179 Å². The molecule has 0 aliphatic carbocycles. The van der Waals surface area contributed by atoms with Gasteiger partial charge in [-0.3, -0.25) is 24.3 Å². The first-order valence-corrected chi connectivity index (χ1v) is 26.3. The number of piperidine rings is 1. The van der Waals surface area contributed by atoms with E-state index in [-0.39, 0.29) is 88.4 Å². The van der Waals surface area contributed by atoms with Crippen LogP contribution in [0.3, 0.4) is 0 Å². The van der Waals surface area contributed by atoms with Gasteiger partial charge in [0.05, 0.1) is 16.5 Å². The van der Waals surface area contributed by atoms with E-state index in [0.717, 1.165) is 45.1 Å². The number of ether oxygens (including phenoxy) is 4. The van der Waals surface area contributed by atoms with Gasteiger partial charge in [-0.2, -0.15) is 4.98 Å². The second-order valence-corrected chi connectivity index (χ2v) is 20.0. The smallest absolute Gasteiger partial charge is 0.347 e. The molecular formula is C56H77F3N6O8. The van der Waals surface area contributed by atoms with Crippen LogP contribution >= 0.6 is 0 Å². The number of alkyl halides is 1. The number of carbonyl (C=O) groups is 3. The number of nitrogens with zero attached hydrogens (tertiary/aromatic N) is 4. The van der Waals surface area contributed by atoms with Gasteiger partial charge in [0, 0.05) is 68.3 Å². The molecule has 0 bridgehead atoms.